The highest BCUT2D eigenvalue weighted by Gasteiger charge is 2.21. The molecule has 0 saturated heterocycles. The van der Waals surface area contributed by atoms with Gasteiger partial charge in [-0.1, -0.05) is 12.1 Å². The Bertz CT molecular complexity index is 730. The minimum atomic E-state index is 0.446. The number of hydrogen-bond donors (Lipinski definition) is 1. The van der Waals surface area contributed by atoms with E-state index >= 15 is 0 Å². The lowest BCUT2D eigenvalue weighted by molar-refractivity contribution is 0.512. The molecule has 3 heterocycles. The molecule has 0 radical (unpaired) electrons. The Morgan fingerprint density at radius 3 is 3.19 bits per heavy atom. The average Bonchev–Trinajstić information content (AvgIpc) is 3.20. The molecular formula is C17H17N3S. The number of benzene rings is 1. The third-order valence-corrected chi connectivity index (χ3v) is 5.07. The van der Waals surface area contributed by atoms with Crippen LogP contribution in [0.2, 0.25) is 0 Å². The summed E-state index contributed by atoms with van der Waals surface area (Å²) in [6, 6.07) is 13.3. The van der Waals surface area contributed by atoms with E-state index in [-0.39, 0.29) is 0 Å². The van der Waals surface area contributed by atoms with Crippen molar-refractivity contribution in [2.24, 2.45) is 0 Å². The number of nitrogens with zero attached hydrogens (tertiary/aromatic N) is 2. The number of aromatic nitrogens is 2. The van der Waals surface area contributed by atoms with Gasteiger partial charge < -0.3 is 5.32 Å². The molecule has 1 aromatic carbocycles. The lowest BCUT2D eigenvalue weighted by atomic mass is 9.97. The maximum absolute atomic E-state index is 4.31. The zero-order chi connectivity index (χ0) is 14.1. The van der Waals surface area contributed by atoms with Crippen LogP contribution in [-0.2, 0) is 12.8 Å². The number of thiophene rings is 1. The molecule has 1 aliphatic rings. The molecule has 106 valence electrons. The fourth-order valence-electron chi connectivity index (χ4n) is 2.98. The van der Waals surface area contributed by atoms with Crippen LogP contribution in [0.5, 0.6) is 0 Å². The molecule has 0 spiro atoms. The maximum atomic E-state index is 4.31. The Kier molecular flexibility index (Phi) is 3.33. The van der Waals surface area contributed by atoms with Gasteiger partial charge in [0.2, 0.25) is 0 Å². The van der Waals surface area contributed by atoms with Gasteiger partial charge in [-0.15, -0.1) is 11.3 Å². The van der Waals surface area contributed by atoms with E-state index in [1.807, 2.05) is 34.5 Å². The summed E-state index contributed by atoms with van der Waals surface area (Å²) < 4.78 is 1.91. The van der Waals surface area contributed by atoms with Crippen LogP contribution in [0, 0.1) is 0 Å². The monoisotopic (exact) mass is 295 g/mol. The molecule has 1 atom stereocenters. The van der Waals surface area contributed by atoms with Crippen molar-refractivity contribution in [3.05, 3.63) is 70.2 Å². The Hall–Kier alpha value is -1.91. The minimum absolute atomic E-state index is 0.446. The highest BCUT2D eigenvalue weighted by molar-refractivity contribution is 7.10. The molecule has 1 N–H and O–H groups in total. The van der Waals surface area contributed by atoms with Crippen molar-refractivity contribution in [2.75, 3.05) is 6.54 Å². The first-order valence-electron chi connectivity index (χ1n) is 7.29. The SMILES string of the molecule is c1cc(CC2NCCc3ccsc32)cc(-n2cccn2)c1. The van der Waals surface area contributed by atoms with Crippen LogP contribution in [0.15, 0.2) is 54.2 Å². The van der Waals surface area contributed by atoms with Crippen LogP contribution in [-0.4, -0.2) is 16.3 Å². The second-order valence-electron chi connectivity index (χ2n) is 5.39. The van der Waals surface area contributed by atoms with E-state index in [0.29, 0.717) is 6.04 Å². The third kappa shape index (κ3) is 2.52. The summed E-state index contributed by atoms with van der Waals surface area (Å²) in [7, 11) is 0. The van der Waals surface area contributed by atoms with E-state index in [0.717, 1.165) is 25.1 Å². The minimum Gasteiger partial charge on any atom is -0.309 e. The largest absolute Gasteiger partial charge is 0.309 e. The normalized spacial score (nSPS) is 17.6. The first kappa shape index (κ1) is 12.8. The van der Waals surface area contributed by atoms with Gasteiger partial charge in [0, 0.05) is 23.3 Å². The second-order valence-corrected chi connectivity index (χ2v) is 6.34. The summed E-state index contributed by atoms with van der Waals surface area (Å²) in [5, 5.41) is 10.2. The fourth-order valence-corrected chi connectivity index (χ4v) is 4.01. The van der Waals surface area contributed by atoms with Crippen molar-refractivity contribution in [1.29, 1.82) is 0 Å². The summed E-state index contributed by atoms with van der Waals surface area (Å²) in [5.41, 5.74) is 3.99. The zero-order valence-electron chi connectivity index (χ0n) is 11.7. The van der Waals surface area contributed by atoms with E-state index in [4.69, 9.17) is 0 Å². The van der Waals surface area contributed by atoms with Gasteiger partial charge in [-0.25, -0.2) is 4.68 Å². The van der Waals surface area contributed by atoms with Crippen LogP contribution in [0.4, 0.5) is 0 Å². The van der Waals surface area contributed by atoms with E-state index in [9.17, 15) is 0 Å². The highest BCUT2D eigenvalue weighted by atomic mass is 32.1. The second kappa shape index (κ2) is 5.47. The number of rotatable bonds is 3. The molecule has 0 bridgehead atoms. The molecule has 4 rings (SSSR count). The highest BCUT2D eigenvalue weighted by Crippen LogP contribution is 2.30. The number of fused-ring (bicyclic) bond motifs is 1. The molecule has 3 nitrogen and oxygen atoms in total. The molecule has 3 aromatic rings. The first-order valence-corrected chi connectivity index (χ1v) is 8.17. The van der Waals surface area contributed by atoms with Gasteiger partial charge in [0.25, 0.3) is 0 Å². The summed E-state index contributed by atoms with van der Waals surface area (Å²) in [6.07, 6.45) is 5.98. The Balaban J connectivity index is 1.60. The molecule has 1 aliphatic heterocycles. The van der Waals surface area contributed by atoms with Crippen LogP contribution in [0.1, 0.15) is 22.0 Å². The summed E-state index contributed by atoms with van der Waals surface area (Å²) in [6.45, 7) is 1.08. The van der Waals surface area contributed by atoms with E-state index in [1.54, 1.807) is 0 Å². The van der Waals surface area contributed by atoms with E-state index in [1.165, 1.54) is 16.0 Å². The summed E-state index contributed by atoms with van der Waals surface area (Å²) >= 11 is 1.87. The van der Waals surface area contributed by atoms with Crippen LogP contribution >= 0.6 is 11.3 Å². The number of nitrogens with one attached hydrogen (secondary N) is 1. The lowest BCUT2D eigenvalue weighted by Crippen LogP contribution is -2.29. The van der Waals surface area contributed by atoms with Gasteiger partial charge in [0.15, 0.2) is 0 Å². The Labute approximate surface area is 128 Å². The van der Waals surface area contributed by atoms with Gasteiger partial charge in [-0.3, -0.25) is 0 Å². The van der Waals surface area contributed by atoms with Crippen LogP contribution < -0.4 is 5.32 Å². The van der Waals surface area contributed by atoms with Crippen molar-refractivity contribution in [1.82, 2.24) is 15.1 Å². The van der Waals surface area contributed by atoms with Crippen LogP contribution in [0.25, 0.3) is 5.69 Å². The van der Waals surface area contributed by atoms with Crippen molar-refractivity contribution in [3.63, 3.8) is 0 Å². The first-order chi connectivity index (χ1) is 10.4. The zero-order valence-corrected chi connectivity index (χ0v) is 12.5. The van der Waals surface area contributed by atoms with E-state index in [2.05, 4.69) is 46.1 Å². The Morgan fingerprint density at radius 2 is 2.29 bits per heavy atom. The smallest absolute Gasteiger partial charge is 0.0648 e. The van der Waals surface area contributed by atoms with Crippen molar-refractivity contribution < 1.29 is 0 Å². The van der Waals surface area contributed by atoms with Crippen LogP contribution in [0.3, 0.4) is 0 Å². The predicted octanol–water partition coefficient (Wildman–Crippen LogP) is 3.36. The third-order valence-electron chi connectivity index (χ3n) is 4.00. The molecular weight excluding hydrogens is 278 g/mol. The van der Waals surface area contributed by atoms with Crippen molar-refractivity contribution in [3.8, 4) is 5.69 Å². The molecule has 21 heavy (non-hydrogen) atoms. The molecule has 0 amide bonds. The molecule has 0 saturated carbocycles. The van der Waals surface area contributed by atoms with E-state index < -0.39 is 0 Å². The summed E-state index contributed by atoms with van der Waals surface area (Å²) in [4.78, 5) is 1.51. The van der Waals surface area contributed by atoms with Crippen molar-refractivity contribution in [2.45, 2.75) is 18.9 Å². The van der Waals surface area contributed by atoms with Gasteiger partial charge >= 0.3 is 0 Å². The van der Waals surface area contributed by atoms with Crippen molar-refractivity contribution >= 4 is 11.3 Å². The van der Waals surface area contributed by atoms with Gasteiger partial charge in [0.1, 0.15) is 0 Å². The summed E-state index contributed by atoms with van der Waals surface area (Å²) in [5.74, 6) is 0. The lowest BCUT2D eigenvalue weighted by Gasteiger charge is -2.24. The quantitative estimate of drug-likeness (QED) is 0.803. The topological polar surface area (TPSA) is 29.9 Å². The maximum Gasteiger partial charge on any atom is 0.0648 e. The molecule has 0 aliphatic carbocycles. The molecule has 4 heteroatoms. The fraction of sp³-hybridized carbons (Fsp3) is 0.235. The predicted molar refractivity (Wildman–Crippen MR) is 86.0 cm³/mol. The Morgan fingerprint density at radius 1 is 1.29 bits per heavy atom. The van der Waals surface area contributed by atoms with Gasteiger partial charge in [0.05, 0.1) is 5.69 Å². The van der Waals surface area contributed by atoms with Gasteiger partial charge in [-0.2, -0.15) is 5.10 Å². The molecule has 1 unspecified atom stereocenters. The van der Waals surface area contributed by atoms with Gasteiger partial charge in [-0.05, 0) is 60.2 Å². The number of hydrogen-bond acceptors (Lipinski definition) is 3. The standard InChI is InChI=1S/C17H17N3S/c1-3-13(11-15(4-1)20-9-2-7-19-20)12-16-17-14(5-8-18-16)6-10-21-17/h1-4,6-7,9-11,16,18H,5,8,12H2. The molecule has 2 aromatic heterocycles. The molecule has 0 fully saturated rings. The average molecular weight is 295 g/mol.